The van der Waals surface area contributed by atoms with Crippen LogP contribution < -0.4 is 0 Å². The van der Waals surface area contributed by atoms with E-state index in [1.807, 2.05) is 0 Å². The fourth-order valence-electron chi connectivity index (χ4n) is 5.66. The molecule has 0 spiro atoms. The molecular weight excluding hydrogens is 374 g/mol. The topological polar surface area (TPSA) is 0 Å². The van der Waals surface area contributed by atoms with Crippen molar-refractivity contribution in [3.05, 3.63) is 34.9 Å². The molecule has 2 heteroatoms. The summed E-state index contributed by atoms with van der Waals surface area (Å²) in [4.78, 5) is 0. The zero-order valence-electron chi connectivity index (χ0n) is 19.1. The fraction of sp³-hybridized carbons (Fsp3) is 0.714. The average molecular weight is 415 g/mol. The third-order valence-corrected chi connectivity index (χ3v) is 7.55. The lowest BCUT2D eigenvalue weighted by atomic mass is 9.78. The summed E-state index contributed by atoms with van der Waals surface area (Å²) in [6.45, 7) is 4.50. The summed E-state index contributed by atoms with van der Waals surface area (Å²) in [6, 6.07) is 3.04. The van der Waals surface area contributed by atoms with Gasteiger partial charge in [0.15, 0.2) is 0 Å². The van der Waals surface area contributed by atoms with Crippen molar-refractivity contribution in [2.75, 3.05) is 0 Å². The van der Waals surface area contributed by atoms with E-state index in [-0.39, 0.29) is 5.56 Å². The van der Waals surface area contributed by atoms with Crippen LogP contribution in [0.4, 0.5) is 8.78 Å². The van der Waals surface area contributed by atoms with Crippen molar-refractivity contribution in [3.63, 3.8) is 0 Å². The van der Waals surface area contributed by atoms with Gasteiger partial charge in [-0.3, -0.25) is 0 Å². The molecule has 1 aromatic carbocycles. The summed E-state index contributed by atoms with van der Waals surface area (Å²) < 4.78 is 29.2. The average Bonchev–Trinajstić information content (AvgIpc) is 2.74. The first-order chi connectivity index (χ1) is 14.6. The Morgan fingerprint density at radius 2 is 1.20 bits per heavy atom. The minimum atomic E-state index is -0.483. The lowest BCUT2D eigenvalue weighted by Crippen LogP contribution is -2.15. The molecule has 2 saturated carbocycles. The summed E-state index contributed by atoms with van der Waals surface area (Å²) in [7, 11) is 0. The van der Waals surface area contributed by atoms with E-state index in [9.17, 15) is 8.78 Å². The minimum absolute atomic E-state index is 0.0329. The van der Waals surface area contributed by atoms with Gasteiger partial charge in [0, 0.05) is 5.92 Å². The largest absolute Gasteiger partial charge is 0.206 e. The van der Waals surface area contributed by atoms with Gasteiger partial charge in [0.05, 0.1) is 5.56 Å². The Kier molecular flexibility index (Phi) is 9.23. The maximum absolute atomic E-state index is 14.6. The number of rotatable bonds is 7. The molecule has 3 rings (SSSR count). The van der Waals surface area contributed by atoms with Crippen molar-refractivity contribution in [1.82, 2.24) is 0 Å². The van der Waals surface area contributed by atoms with Gasteiger partial charge in [-0.15, -0.1) is 0 Å². The Morgan fingerprint density at radius 3 is 1.70 bits per heavy atom. The van der Waals surface area contributed by atoms with Gasteiger partial charge in [-0.2, -0.15) is 0 Å². The van der Waals surface area contributed by atoms with E-state index in [1.54, 1.807) is 0 Å². The quantitative estimate of drug-likeness (QED) is 0.393. The van der Waals surface area contributed by atoms with Gasteiger partial charge in [-0.1, -0.05) is 77.1 Å². The van der Waals surface area contributed by atoms with Gasteiger partial charge in [-0.05, 0) is 74.0 Å². The van der Waals surface area contributed by atoms with E-state index in [0.29, 0.717) is 11.8 Å². The van der Waals surface area contributed by atoms with Crippen LogP contribution in [0.25, 0.3) is 0 Å². The smallest absolute Gasteiger partial charge is 0.142 e. The van der Waals surface area contributed by atoms with E-state index >= 15 is 0 Å². The number of aryl methyl sites for hydroxylation is 1. The predicted octanol–water partition coefficient (Wildman–Crippen LogP) is 8.46. The molecule has 0 N–H and O–H groups in total. The molecule has 2 aliphatic rings. The van der Waals surface area contributed by atoms with Crippen LogP contribution in [0.2, 0.25) is 0 Å². The first kappa shape index (κ1) is 23.3. The van der Waals surface area contributed by atoms with Crippen LogP contribution >= 0.6 is 0 Å². The second-order valence-corrected chi connectivity index (χ2v) is 9.92. The molecule has 1 aromatic rings. The van der Waals surface area contributed by atoms with Crippen molar-refractivity contribution in [2.24, 2.45) is 23.7 Å². The number of hydrogen-bond donors (Lipinski definition) is 0. The number of halogens is 2. The van der Waals surface area contributed by atoms with Crippen LogP contribution in [-0.4, -0.2) is 0 Å². The van der Waals surface area contributed by atoms with E-state index < -0.39 is 11.6 Å². The molecule has 166 valence electrons. The molecule has 0 saturated heterocycles. The summed E-state index contributed by atoms with van der Waals surface area (Å²) in [5, 5.41) is 0. The molecule has 2 aliphatic carbocycles. The molecule has 30 heavy (non-hydrogen) atoms. The standard InChI is InChI=1S/C28H40F2/c1-3-5-21-7-11-23(12-8-21)15-16-25-19-27(29)26(28(30)20-25)18-17-24-13-9-22(6-4-2)10-14-24/h19-24H,3-16H2,1-2H3/t21-,22-,23-,24-. The van der Waals surface area contributed by atoms with Gasteiger partial charge >= 0.3 is 0 Å². The Bertz CT molecular complexity index is 687. The summed E-state index contributed by atoms with van der Waals surface area (Å²) >= 11 is 0. The molecule has 0 aromatic heterocycles. The SMILES string of the molecule is CCC[C@H]1CC[C@H](C#Cc2c(F)cc(CC[C@H]3CC[C@H](CCC)CC3)cc2F)CC1. The minimum Gasteiger partial charge on any atom is -0.206 e. The van der Waals surface area contributed by atoms with Crippen molar-refractivity contribution in [1.29, 1.82) is 0 Å². The Morgan fingerprint density at radius 1 is 0.733 bits per heavy atom. The van der Waals surface area contributed by atoms with E-state index in [1.165, 1.54) is 76.3 Å². The van der Waals surface area contributed by atoms with Crippen LogP contribution in [0, 0.1) is 47.1 Å². The molecule has 0 radical (unpaired) electrons. The molecular formula is C28H40F2. The summed E-state index contributed by atoms with van der Waals surface area (Å²) in [5.74, 6) is 7.78. The number of hydrogen-bond acceptors (Lipinski definition) is 0. The normalized spacial score (nSPS) is 26.8. The third kappa shape index (κ3) is 6.83. The molecule has 0 atom stereocenters. The van der Waals surface area contributed by atoms with Gasteiger partial charge in [0.2, 0.25) is 0 Å². The number of benzene rings is 1. The van der Waals surface area contributed by atoms with E-state index in [0.717, 1.165) is 43.1 Å². The second kappa shape index (κ2) is 11.9. The van der Waals surface area contributed by atoms with Gasteiger partial charge in [0.25, 0.3) is 0 Å². The molecule has 0 nitrogen and oxygen atoms in total. The zero-order valence-corrected chi connectivity index (χ0v) is 19.1. The van der Waals surface area contributed by atoms with Crippen LogP contribution in [0.3, 0.4) is 0 Å². The van der Waals surface area contributed by atoms with Crippen molar-refractivity contribution in [3.8, 4) is 11.8 Å². The highest BCUT2D eigenvalue weighted by atomic mass is 19.1. The van der Waals surface area contributed by atoms with Crippen molar-refractivity contribution in [2.45, 2.75) is 104 Å². The summed E-state index contributed by atoms with van der Waals surface area (Å²) in [5.41, 5.74) is 0.751. The van der Waals surface area contributed by atoms with Crippen LogP contribution in [0.5, 0.6) is 0 Å². The Labute approximate surface area is 183 Å². The monoisotopic (exact) mass is 414 g/mol. The van der Waals surface area contributed by atoms with Crippen LogP contribution in [0.1, 0.15) is 108 Å². The summed E-state index contributed by atoms with van der Waals surface area (Å²) in [6.07, 6.45) is 16.7. The lowest BCUT2D eigenvalue weighted by Gasteiger charge is -2.28. The molecule has 0 unspecified atom stereocenters. The molecule has 0 aliphatic heterocycles. The highest BCUT2D eigenvalue weighted by molar-refractivity contribution is 5.39. The fourth-order valence-corrected chi connectivity index (χ4v) is 5.66. The first-order valence-corrected chi connectivity index (χ1v) is 12.6. The highest BCUT2D eigenvalue weighted by Gasteiger charge is 2.21. The van der Waals surface area contributed by atoms with Crippen LogP contribution in [-0.2, 0) is 6.42 Å². The Balaban J connectivity index is 1.51. The zero-order chi connectivity index (χ0) is 21.3. The molecule has 2 fully saturated rings. The van der Waals surface area contributed by atoms with Gasteiger partial charge in [0.1, 0.15) is 11.6 Å². The molecule has 0 bridgehead atoms. The third-order valence-electron chi connectivity index (χ3n) is 7.55. The Hall–Kier alpha value is -1.36. The van der Waals surface area contributed by atoms with Crippen molar-refractivity contribution >= 4 is 0 Å². The van der Waals surface area contributed by atoms with Gasteiger partial charge < -0.3 is 0 Å². The van der Waals surface area contributed by atoms with E-state index in [4.69, 9.17) is 0 Å². The van der Waals surface area contributed by atoms with Crippen molar-refractivity contribution < 1.29 is 8.78 Å². The van der Waals surface area contributed by atoms with Crippen LogP contribution in [0.15, 0.2) is 12.1 Å². The van der Waals surface area contributed by atoms with Gasteiger partial charge in [-0.25, -0.2) is 8.78 Å². The second-order valence-electron chi connectivity index (χ2n) is 9.92. The molecule has 0 amide bonds. The molecule has 0 heterocycles. The maximum Gasteiger partial charge on any atom is 0.142 e. The predicted molar refractivity (Wildman–Crippen MR) is 122 cm³/mol. The lowest BCUT2D eigenvalue weighted by molar-refractivity contribution is 0.252. The maximum atomic E-state index is 14.6. The first-order valence-electron chi connectivity index (χ1n) is 12.6. The van der Waals surface area contributed by atoms with E-state index in [2.05, 4.69) is 25.7 Å². The highest BCUT2D eigenvalue weighted by Crippen LogP contribution is 2.34.